The predicted molar refractivity (Wildman–Crippen MR) is 98.0 cm³/mol. The fourth-order valence-electron chi connectivity index (χ4n) is 2.59. The number of rotatable bonds is 5. The molecule has 7 nitrogen and oxygen atoms in total. The molecule has 1 fully saturated rings. The zero-order chi connectivity index (χ0) is 20.3. The highest BCUT2D eigenvalue weighted by Gasteiger charge is 2.33. The molecule has 0 atom stereocenters. The molecule has 0 bridgehead atoms. The van der Waals surface area contributed by atoms with Crippen molar-refractivity contribution in [2.45, 2.75) is 6.61 Å². The van der Waals surface area contributed by atoms with E-state index in [-0.39, 0.29) is 18.0 Å². The molecule has 1 saturated heterocycles. The Bertz CT molecular complexity index is 986. The fraction of sp³-hybridized carbons (Fsp3) is 0.150. The van der Waals surface area contributed by atoms with Gasteiger partial charge in [-0.3, -0.25) is 19.8 Å². The van der Waals surface area contributed by atoms with Crippen molar-refractivity contribution in [3.8, 4) is 11.5 Å². The number of barbiturate groups is 1. The molecule has 1 aliphatic rings. The molecule has 0 aliphatic carbocycles. The summed E-state index contributed by atoms with van der Waals surface area (Å²) in [6.07, 6.45) is 1.36. The third kappa shape index (κ3) is 4.01. The molecule has 2 aromatic rings. The first kappa shape index (κ1) is 19.1. The maximum Gasteiger partial charge on any atom is 0.331 e. The van der Waals surface area contributed by atoms with Gasteiger partial charge < -0.3 is 9.47 Å². The number of urea groups is 1. The lowest BCUT2D eigenvalue weighted by atomic mass is 10.1. The van der Waals surface area contributed by atoms with Gasteiger partial charge in [0.05, 0.1) is 7.11 Å². The van der Waals surface area contributed by atoms with Crippen LogP contribution in [0.25, 0.3) is 6.08 Å². The average molecular weight is 384 g/mol. The molecule has 144 valence electrons. The molecule has 1 heterocycles. The van der Waals surface area contributed by atoms with Gasteiger partial charge in [0.15, 0.2) is 11.5 Å². The normalized spacial score (nSPS) is 15.6. The molecule has 0 radical (unpaired) electrons. The molecular weight excluding hydrogens is 367 g/mol. The number of likely N-dealkylation sites (N-methyl/N-ethyl adjacent to an activating group) is 1. The standard InChI is InChI=1S/C20H17FN2O5/c1-23-19(25)15(18(24)22-20(23)26)9-12-6-7-16(17(10-12)27-2)28-11-13-4-3-5-14(21)8-13/h3-10H,11H2,1-2H3,(H,22,24,26)/b15-9-. The number of carbonyl (C=O) groups is 3. The van der Waals surface area contributed by atoms with E-state index in [1.807, 2.05) is 0 Å². The summed E-state index contributed by atoms with van der Waals surface area (Å²) < 4.78 is 24.2. The number of amides is 4. The minimum atomic E-state index is -0.772. The van der Waals surface area contributed by atoms with Gasteiger partial charge in [-0.1, -0.05) is 18.2 Å². The minimum absolute atomic E-state index is 0.141. The molecule has 0 aromatic heterocycles. The van der Waals surface area contributed by atoms with E-state index in [9.17, 15) is 18.8 Å². The zero-order valence-electron chi connectivity index (χ0n) is 15.2. The number of methoxy groups -OCH3 is 1. The van der Waals surface area contributed by atoms with Crippen molar-refractivity contribution in [1.29, 1.82) is 0 Å². The van der Waals surface area contributed by atoms with E-state index in [2.05, 4.69) is 5.32 Å². The second-order valence-corrected chi connectivity index (χ2v) is 6.01. The predicted octanol–water partition coefficient (Wildman–Crippen LogP) is 2.50. The minimum Gasteiger partial charge on any atom is -0.493 e. The van der Waals surface area contributed by atoms with Gasteiger partial charge in [-0.15, -0.1) is 0 Å². The number of hydrogen-bond donors (Lipinski definition) is 1. The van der Waals surface area contributed by atoms with Crippen LogP contribution in [0, 0.1) is 5.82 Å². The van der Waals surface area contributed by atoms with Crippen LogP contribution in [0.15, 0.2) is 48.0 Å². The van der Waals surface area contributed by atoms with Crippen molar-refractivity contribution in [1.82, 2.24) is 10.2 Å². The second-order valence-electron chi connectivity index (χ2n) is 6.01. The van der Waals surface area contributed by atoms with Gasteiger partial charge in [-0.2, -0.15) is 0 Å². The van der Waals surface area contributed by atoms with E-state index in [4.69, 9.17) is 9.47 Å². The monoisotopic (exact) mass is 384 g/mol. The van der Waals surface area contributed by atoms with E-state index in [1.165, 1.54) is 32.4 Å². The molecular formula is C20H17FN2O5. The lowest BCUT2D eigenvalue weighted by Crippen LogP contribution is -2.52. The molecule has 28 heavy (non-hydrogen) atoms. The summed E-state index contributed by atoms with van der Waals surface area (Å²) in [4.78, 5) is 36.4. The number of benzene rings is 2. The van der Waals surface area contributed by atoms with Gasteiger partial charge in [-0.25, -0.2) is 9.18 Å². The van der Waals surface area contributed by atoms with Crippen LogP contribution in [0.4, 0.5) is 9.18 Å². The van der Waals surface area contributed by atoms with Crippen molar-refractivity contribution in [2.24, 2.45) is 0 Å². The van der Waals surface area contributed by atoms with Crippen LogP contribution < -0.4 is 14.8 Å². The van der Waals surface area contributed by atoms with Gasteiger partial charge in [0.1, 0.15) is 18.0 Å². The van der Waals surface area contributed by atoms with Gasteiger partial charge in [-0.05, 0) is 41.5 Å². The Kier molecular flexibility index (Phi) is 5.39. The maximum absolute atomic E-state index is 13.3. The van der Waals surface area contributed by atoms with Crippen LogP contribution in [-0.4, -0.2) is 36.9 Å². The van der Waals surface area contributed by atoms with Crippen LogP contribution in [0.5, 0.6) is 11.5 Å². The van der Waals surface area contributed by atoms with E-state index in [1.54, 1.807) is 30.3 Å². The highest BCUT2D eigenvalue weighted by molar-refractivity contribution is 6.30. The van der Waals surface area contributed by atoms with Crippen LogP contribution in [-0.2, 0) is 16.2 Å². The van der Waals surface area contributed by atoms with E-state index in [0.29, 0.717) is 22.6 Å². The summed E-state index contributed by atoms with van der Waals surface area (Å²) in [5.41, 5.74) is 0.999. The van der Waals surface area contributed by atoms with Crippen molar-refractivity contribution >= 4 is 23.9 Å². The molecule has 4 amide bonds. The van der Waals surface area contributed by atoms with E-state index < -0.39 is 17.8 Å². The number of nitrogens with zero attached hydrogens (tertiary/aromatic N) is 1. The largest absolute Gasteiger partial charge is 0.493 e. The Labute approximate surface area is 160 Å². The lowest BCUT2D eigenvalue weighted by molar-refractivity contribution is -0.129. The van der Waals surface area contributed by atoms with Gasteiger partial charge >= 0.3 is 6.03 Å². The van der Waals surface area contributed by atoms with Crippen LogP contribution in [0.1, 0.15) is 11.1 Å². The molecule has 2 aromatic carbocycles. The summed E-state index contributed by atoms with van der Waals surface area (Å²) >= 11 is 0. The van der Waals surface area contributed by atoms with E-state index in [0.717, 1.165) is 4.90 Å². The highest BCUT2D eigenvalue weighted by Crippen LogP contribution is 2.30. The molecule has 1 N–H and O–H groups in total. The molecule has 0 saturated carbocycles. The van der Waals surface area contributed by atoms with Crippen LogP contribution in [0.3, 0.4) is 0 Å². The number of nitrogens with one attached hydrogen (secondary N) is 1. The van der Waals surface area contributed by atoms with E-state index >= 15 is 0 Å². The third-order valence-corrected chi connectivity index (χ3v) is 4.09. The Morgan fingerprint density at radius 1 is 1.11 bits per heavy atom. The first-order valence-electron chi connectivity index (χ1n) is 8.29. The Hall–Kier alpha value is -3.68. The zero-order valence-corrected chi connectivity index (χ0v) is 15.2. The Balaban J connectivity index is 1.82. The van der Waals surface area contributed by atoms with Crippen molar-refractivity contribution in [3.63, 3.8) is 0 Å². The summed E-state index contributed by atoms with van der Waals surface area (Å²) in [5, 5.41) is 2.09. The Morgan fingerprint density at radius 3 is 2.61 bits per heavy atom. The van der Waals surface area contributed by atoms with Crippen molar-refractivity contribution in [2.75, 3.05) is 14.2 Å². The maximum atomic E-state index is 13.3. The summed E-state index contributed by atoms with van der Waals surface area (Å²) in [5.74, 6) is -1.02. The molecule has 3 rings (SSSR count). The number of ether oxygens (including phenoxy) is 2. The van der Waals surface area contributed by atoms with Gasteiger partial charge in [0.25, 0.3) is 11.8 Å². The van der Waals surface area contributed by atoms with Crippen molar-refractivity contribution < 1.29 is 28.2 Å². The highest BCUT2D eigenvalue weighted by atomic mass is 19.1. The van der Waals surface area contributed by atoms with Gasteiger partial charge in [0.2, 0.25) is 0 Å². The first-order chi connectivity index (χ1) is 13.4. The summed E-state index contributed by atoms with van der Waals surface area (Å²) in [6.45, 7) is 0.141. The summed E-state index contributed by atoms with van der Waals surface area (Å²) in [6, 6.07) is 10.1. The van der Waals surface area contributed by atoms with Gasteiger partial charge in [0, 0.05) is 7.05 Å². The molecule has 8 heteroatoms. The van der Waals surface area contributed by atoms with Crippen LogP contribution >= 0.6 is 0 Å². The summed E-state index contributed by atoms with van der Waals surface area (Å²) in [7, 11) is 2.73. The number of carbonyl (C=O) groups excluding carboxylic acids is 3. The lowest BCUT2D eigenvalue weighted by Gasteiger charge is -2.22. The third-order valence-electron chi connectivity index (χ3n) is 4.09. The molecule has 1 aliphatic heterocycles. The van der Waals surface area contributed by atoms with Crippen LogP contribution in [0.2, 0.25) is 0 Å². The fourth-order valence-corrected chi connectivity index (χ4v) is 2.59. The number of hydrogen-bond acceptors (Lipinski definition) is 5. The number of halogens is 1. The first-order valence-corrected chi connectivity index (χ1v) is 8.29. The SMILES string of the molecule is COc1cc(/C=C2/C(=O)NC(=O)N(C)C2=O)ccc1OCc1cccc(F)c1. The molecule has 0 spiro atoms. The topological polar surface area (TPSA) is 84.9 Å². The smallest absolute Gasteiger partial charge is 0.331 e. The second kappa shape index (κ2) is 7.91. The number of imide groups is 2. The molecule has 0 unspecified atom stereocenters. The van der Waals surface area contributed by atoms with Crippen molar-refractivity contribution in [3.05, 3.63) is 65.0 Å². The average Bonchev–Trinajstić information content (AvgIpc) is 2.68. The Morgan fingerprint density at radius 2 is 1.89 bits per heavy atom. The quantitative estimate of drug-likeness (QED) is 0.633.